The number of β-amino-alcohol motifs (C(OH)–C–C–N with tert-alkyl or cyclic N) is 1. The molecule has 2 heterocycles. The molecule has 0 amide bonds. The smallest absolute Gasteiger partial charge is 0.227 e. The number of piperazine rings is 1. The second-order valence-electron chi connectivity index (χ2n) is 5.96. The number of anilines is 3. The summed E-state index contributed by atoms with van der Waals surface area (Å²) in [7, 11) is 0. The largest absolute Gasteiger partial charge is 0.395 e. The van der Waals surface area contributed by atoms with Crippen molar-refractivity contribution in [3.05, 3.63) is 40.8 Å². The van der Waals surface area contributed by atoms with E-state index in [0.717, 1.165) is 26.2 Å². The van der Waals surface area contributed by atoms with Crippen LogP contribution in [0.5, 0.6) is 0 Å². The summed E-state index contributed by atoms with van der Waals surface area (Å²) >= 11 is 5.98. The zero-order valence-corrected chi connectivity index (χ0v) is 14.8. The number of nitrogens with zero attached hydrogens (tertiary/aromatic N) is 4. The average Bonchev–Trinajstić information content (AvgIpc) is 2.60. The summed E-state index contributed by atoms with van der Waals surface area (Å²) in [4.78, 5) is 12.9. The molecule has 2 N–H and O–H groups in total. The summed E-state index contributed by atoms with van der Waals surface area (Å²) < 4.78 is 14.4. The Balaban J connectivity index is 1.79. The molecule has 0 bridgehead atoms. The van der Waals surface area contributed by atoms with E-state index in [9.17, 15) is 4.39 Å². The van der Waals surface area contributed by atoms with Crippen LogP contribution < -0.4 is 10.2 Å². The summed E-state index contributed by atoms with van der Waals surface area (Å²) in [6, 6.07) is 7.06. The number of aromatic nitrogens is 2. The number of aliphatic hydroxyl groups is 1. The molecule has 6 nitrogen and oxygen atoms in total. The summed E-state index contributed by atoms with van der Waals surface area (Å²) in [5.41, 5.74) is 0.968. The van der Waals surface area contributed by atoms with Crippen molar-refractivity contribution >= 4 is 29.1 Å². The predicted molar refractivity (Wildman–Crippen MR) is 97.2 cm³/mol. The number of halogens is 2. The topological polar surface area (TPSA) is 64.5 Å². The van der Waals surface area contributed by atoms with E-state index in [1.165, 1.54) is 0 Å². The molecule has 0 unspecified atom stereocenters. The third kappa shape index (κ3) is 4.36. The molecule has 3 rings (SSSR count). The Morgan fingerprint density at radius 3 is 2.68 bits per heavy atom. The fourth-order valence-electron chi connectivity index (χ4n) is 2.78. The van der Waals surface area contributed by atoms with Gasteiger partial charge < -0.3 is 15.3 Å². The van der Waals surface area contributed by atoms with Gasteiger partial charge in [-0.2, -0.15) is 4.98 Å². The van der Waals surface area contributed by atoms with E-state index in [1.807, 2.05) is 4.90 Å². The van der Waals surface area contributed by atoms with Gasteiger partial charge in [-0.15, -0.1) is 0 Å². The molecule has 0 aliphatic carbocycles. The van der Waals surface area contributed by atoms with Gasteiger partial charge in [-0.05, 0) is 25.1 Å². The molecule has 8 heteroatoms. The molecular weight excluding hydrogens is 345 g/mol. The fraction of sp³-hybridized carbons (Fsp3) is 0.412. The first-order valence-electron chi connectivity index (χ1n) is 8.21. The molecule has 0 spiro atoms. The number of aryl methyl sites for hydroxylation is 1. The molecule has 1 aliphatic heterocycles. The van der Waals surface area contributed by atoms with E-state index >= 15 is 0 Å². The van der Waals surface area contributed by atoms with Gasteiger partial charge >= 0.3 is 0 Å². The molecule has 2 aromatic rings. The zero-order valence-electron chi connectivity index (χ0n) is 14.0. The van der Waals surface area contributed by atoms with Crippen molar-refractivity contribution < 1.29 is 9.50 Å². The molecule has 1 fully saturated rings. The molecule has 1 aromatic carbocycles. The van der Waals surface area contributed by atoms with Crippen LogP contribution in [0, 0.1) is 12.7 Å². The SMILES string of the molecule is Cc1nc(N2CCN(CCO)CC2)nc(Nc2cccc(Cl)c2)c1F. The Morgan fingerprint density at radius 2 is 2.00 bits per heavy atom. The highest BCUT2D eigenvalue weighted by molar-refractivity contribution is 6.30. The van der Waals surface area contributed by atoms with Gasteiger partial charge in [-0.3, -0.25) is 4.90 Å². The number of hydrogen-bond acceptors (Lipinski definition) is 6. The van der Waals surface area contributed by atoms with Crippen LogP contribution >= 0.6 is 11.6 Å². The lowest BCUT2D eigenvalue weighted by atomic mass is 10.3. The molecule has 134 valence electrons. The van der Waals surface area contributed by atoms with Crippen LogP contribution in [0.15, 0.2) is 24.3 Å². The molecule has 0 atom stereocenters. The van der Waals surface area contributed by atoms with E-state index in [-0.39, 0.29) is 12.4 Å². The lowest BCUT2D eigenvalue weighted by Crippen LogP contribution is -2.47. The average molecular weight is 366 g/mol. The molecule has 0 saturated carbocycles. The molecule has 1 aromatic heterocycles. The van der Waals surface area contributed by atoms with Gasteiger partial charge in [0.1, 0.15) is 0 Å². The first-order chi connectivity index (χ1) is 12.1. The van der Waals surface area contributed by atoms with Crippen LogP contribution in [-0.2, 0) is 0 Å². The van der Waals surface area contributed by atoms with Crippen molar-refractivity contribution in [3.8, 4) is 0 Å². The monoisotopic (exact) mass is 365 g/mol. The summed E-state index contributed by atoms with van der Waals surface area (Å²) in [5.74, 6) is 0.178. The van der Waals surface area contributed by atoms with Crippen LogP contribution in [-0.4, -0.2) is 59.3 Å². The number of nitrogens with one attached hydrogen (secondary N) is 1. The van der Waals surface area contributed by atoms with Crippen molar-refractivity contribution in [2.75, 3.05) is 49.5 Å². The van der Waals surface area contributed by atoms with Crippen molar-refractivity contribution in [1.29, 1.82) is 0 Å². The minimum absolute atomic E-state index is 0.141. The lowest BCUT2D eigenvalue weighted by Gasteiger charge is -2.34. The maximum atomic E-state index is 14.4. The van der Waals surface area contributed by atoms with Gasteiger partial charge in [0.25, 0.3) is 0 Å². The number of aliphatic hydroxyl groups excluding tert-OH is 1. The second-order valence-corrected chi connectivity index (χ2v) is 6.40. The van der Waals surface area contributed by atoms with E-state index < -0.39 is 5.82 Å². The normalized spacial score (nSPS) is 15.4. The van der Waals surface area contributed by atoms with Crippen molar-refractivity contribution in [2.24, 2.45) is 0 Å². The highest BCUT2D eigenvalue weighted by Gasteiger charge is 2.21. The molecular formula is C17H21ClFN5O. The third-order valence-corrected chi connectivity index (χ3v) is 4.40. The number of benzene rings is 1. The number of hydrogen-bond donors (Lipinski definition) is 2. The van der Waals surface area contributed by atoms with Crippen LogP contribution in [0.3, 0.4) is 0 Å². The number of rotatable bonds is 5. The molecule has 25 heavy (non-hydrogen) atoms. The maximum absolute atomic E-state index is 14.4. The van der Waals surface area contributed by atoms with Crippen LogP contribution in [0.2, 0.25) is 5.02 Å². The summed E-state index contributed by atoms with van der Waals surface area (Å²) in [6.45, 7) is 5.56. The minimum Gasteiger partial charge on any atom is -0.395 e. The highest BCUT2D eigenvalue weighted by Crippen LogP contribution is 2.24. The van der Waals surface area contributed by atoms with Crippen molar-refractivity contribution in [1.82, 2.24) is 14.9 Å². The first kappa shape index (κ1) is 17.8. The summed E-state index contributed by atoms with van der Waals surface area (Å²) in [5, 5.41) is 12.6. The van der Waals surface area contributed by atoms with Crippen molar-refractivity contribution in [2.45, 2.75) is 6.92 Å². The van der Waals surface area contributed by atoms with E-state index in [2.05, 4.69) is 20.2 Å². The zero-order chi connectivity index (χ0) is 17.8. The molecule has 1 saturated heterocycles. The van der Waals surface area contributed by atoms with Crippen molar-refractivity contribution in [3.63, 3.8) is 0 Å². The summed E-state index contributed by atoms with van der Waals surface area (Å²) in [6.07, 6.45) is 0. The van der Waals surface area contributed by atoms with Gasteiger partial charge in [0, 0.05) is 43.4 Å². The van der Waals surface area contributed by atoms with E-state index in [0.29, 0.717) is 28.9 Å². The van der Waals surface area contributed by atoms with Gasteiger partial charge in [0.05, 0.1) is 12.3 Å². The second kappa shape index (κ2) is 7.95. The third-order valence-electron chi connectivity index (χ3n) is 4.16. The Kier molecular flexibility index (Phi) is 5.67. The van der Waals surface area contributed by atoms with Crippen LogP contribution in [0.25, 0.3) is 0 Å². The van der Waals surface area contributed by atoms with Gasteiger partial charge in [0.15, 0.2) is 11.6 Å². The fourth-order valence-corrected chi connectivity index (χ4v) is 2.97. The predicted octanol–water partition coefficient (Wildman–Crippen LogP) is 2.44. The minimum atomic E-state index is -0.470. The van der Waals surface area contributed by atoms with Gasteiger partial charge in [0.2, 0.25) is 5.95 Å². The van der Waals surface area contributed by atoms with Crippen LogP contribution in [0.4, 0.5) is 21.8 Å². The first-order valence-corrected chi connectivity index (χ1v) is 8.59. The highest BCUT2D eigenvalue weighted by atomic mass is 35.5. The van der Waals surface area contributed by atoms with E-state index in [1.54, 1.807) is 31.2 Å². The van der Waals surface area contributed by atoms with Crippen LogP contribution in [0.1, 0.15) is 5.69 Å². The standard InChI is InChI=1S/C17H21ClFN5O/c1-12-15(19)16(21-14-4-2-3-13(18)11-14)22-17(20-12)24-7-5-23(6-8-24)9-10-25/h2-4,11,25H,5-10H2,1H3,(H,20,21,22). The van der Waals surface area contributed by atoms with Gasteiger partial charge in [-0.1, -0.05) is 17.7 Å². The van der Waals surface area contributed by atoms with Gasteiger partial charge in [-0.25, -0.2) is 9.37 Å². The Labute approximate surface area is 151 Å². The Hall–Kier alpha value is -1.96. The van der Waals surface area contributed by atoms with E-state index in [4.69, 9.17) is 16.7 Å². The quantitative estimate of drug-likeness (QED) is 0.848. The molecule has 0 radical (unpaired) electrons. The maximum Gasteiger partial charge on any atom is 0.227 e. The Morgan fingerprint density at radius 1 is 1.24 bits per heavy atom. The Bertz CT molecular complexity index is 737. The molecule has 1 aliphatic rings. The lowest BCUT2D eigenvalue weighted by molar-refractivity contribution is 0.188.